The summed E-state index contributed by atoms with van der Waals surface area (Å²) in [6, 6.07) is 6.09. The van der Waals surface area contributed by atoms with Crippen molar-refractivity contribution < 1.29 is 13.9 Å². The fourth-order valence-electron chi connectivity index (χ4n) is 3.65. The third-order valence-electron chi connectivity index (χ3n) is 4.88. The summed E-state index contributed by atoms with van der Waals surface area (Å²) in [6.45, 7) is 3.85. The minimum absolute atomic E-state index is 0.0368. The molecule has 1 amide bonds. The first-order valence-corrected chi connectivity index (χ1v) is 9.08. The lowest BCUT2D eigenvalue weighted by Gasteiger charge is -2.15. The number of aromatic nitrogens is 2. The number of rotatable bonds is 4. The molecule has 3 heterocycles. The normalized spacial score (nSPS) is 20.0. The average Bonchev–Trinajstić information content (AvgIpc) is 3.33. The summed E-state index contributed by atoms with van der Waals surface area (Å²) in [5.41, 5.74) is 3.05. The van der Waals surface area contributed by atoms with Gasteiger partial charge in [0.15, 0.2) is 0 Å². The van der Waals surface area contributed by atoms with Gasteiger partial charge in [-0.2, -0.15) is 0 Å². The van der Waals surface area contributed by atoms with Crippen LogP contribution in [0.3, 0.4) is 0 Å². The van der Waals surface area contributed by atoms with E-state index in [-0.39, 0.29) is 18.2 Å². The van der Waals surface area contributed by atoms with Crippen molar-refractivity contribution in [3.8, 4) is 11.3 Å². The third kappa shape index (κ3) is 3.31. The van der Waals surface area contributed by atoms with Gasteiger partial charge in [-0.05, 0) is 62.8 Å². The van der Waals surface area contributed by atoms with Crippen molar-refractivity contribution in [3.05, 3.63) is 42.4 Å². The topological polar surface area (TPSA) is 80.1 Å². The molecule has 1 aliphatic carbocycles. The molecule has 0 spiro atoms. The molecule has 0 aliphatic heterocycles. The van der Waals surface area contributed by atoms with E-state index in [1.54, 1.807) is 6.26 Å². The molecule has 0 aromatic carbocycles. The maximum absolute atomic E-state index is 11.8. The number of furan rings is 1. The zero-order valence-corrected chi connectivity index (χ0v) is 15.0. The van der Waals surface area contributed by atoms with Crippen LogP contribution in [0, 0.1) is 0 Å². The van der Waals surface area contributed by atoms with Gasteiger partial charge in [0.25, 0.3) is 0 Å². The van der Waals surface area contributed by atoms with Crippen LogP contribution in [0.1, 0.15) is 44.6 Å². The minimum atomic E-state index is -0.329. The Labute approximate surface area is 151 Å². The molecule has 6 heteroatoms. The van der Waals surface area contributed by atoms with Crippen molar-refractivity contribution >= 4 is 17.1 Å². The second-order valence-electron chi connectivity index (χ2n) is 7.18. The molecule has 2 atom stereocenters. The molecule has 136 valence electrons. The molecule has 26 heavy (non-hydrogen) atoms. The molecule has 6 nitrogen and oxygen atoms in total. The molecule has 2 N–H and O–H groups in total. The highest BCUT2D eigenvalue weighted by molar-refractivity contribution is 5.92. The summed E-state index contributed by atoms with van der Waals surface area (Å²) in [7, 11) is 0. The number of nitrogens with one attached hydrogen (secondary N) is 2. The van der Waals surface area contributed by atoms with Crippen molar-refractivity contribution in [2.45, 2.75) is 51.2 Å². The predicted molar refractivity (Wildman–Crippen MR) is 98.9 cm³/mol. The number of aromatic amines is 1. The highest BCUT2D eigenvalue weighted by Gasteiger charge is 2.29. The van der Waals surface area contributed by atoms with Gasteiger partial charge in [0.2, 0.25) is 0 Å². The Hall–Kier alpha value is -2.76. The molecule has 0 unspecified atom stereocenters. The summed E-state index contributed by atoms with van der Waals surface area (Å²) in [4.78, 5) is 19.6. The Kier molecular flexibility index (Phi) is 4.41. The monoisotopic (exact) mass is 353 g/mol. The second-order valence-corrected chi connectivity index (χ2v) is 7.18. The highest BCUT2D eigenvalue weighted by atomic mass is 16.6. The van der Waals surface area contributed by atoms with E-state index in [0.717, 1.165) is 41.6 Å². The van der Waals surface area contributed by atoms with Crippen LogP contribution in [0.4, 0.5) is 4.79 Å². The Morgan fingerprint density at radius 2 is 2.31 bits per heavy atom. The number of hydrogen-bond acceptors (Lipinski definition) is 4. The number of fused-ring (bicyclic) bond motifs is 1. The van der Waals surface area contributed by atoms with Gasteiger partial charge >= 0.3 is 6.09 Å². The molecule has 0 radical (unpaired) electrons. The summed E-state index contributed by atoms with van der Waals surface area (Å²) in [6.07, 6.45) is 7.87. The van der Waals surface area contributed by atoms with Crippen molar-refractivity contribution in [3.63, 3.8) is 0 Å². The van der Waals surface area contributed by atoms with Crippen LogP contribution in [0.2, 0.25) is 0 Å². The van der Waals surface area contributed by atoms with E-state index in [0.29, 0.717) is 5.92 Å². The number of carbonyl (C=O) groups is 1. The van der Waals surface area contributed by atoms with Crippen LogP contribution in [0.15, 0.2) is 41.3 Å². The lowest BCUT2D eigenvalue weighted by atomic mass is 9.98. The zero-order chi connectivity index (χ0) is 18.1. The standard InChI is InChI=1S/C20H23N3O3/c1-12(2)23-20(24)26-15-6-5-13(8-15)14-9-16-17(18-4-3-7-25-18)11-22-19(16)21-10-14/h3-4,7,9-13,15H,5-6,8H2,1-2H3,(H,21,22)(H,23,24)/t13-,15+/m0/s1. The fraction of sp³-hybridized carbons (Fsp3) is 0.400. The molecule has 4 rings (SSSR count). The Bertz CT molecular complexity index is 898. The molecule has 0 bridgehead atoms. The van der Waals surface area contributed by atoms with Gasteiger partial charge in [-0.1, -0.05) is 0 Å². The summed E-state index contributed by atoms with van der Waals surface area (Å²) >= 11 is 0. The molecular weight excluding hydrogens is 330 g/mol. The van der Waals surface area contributed by atoms with Crippen LogP contribution < -0.4 is 5.32 Å². The Morgan fingerprint density at radius 3 is 3.08 bits per heavy atom. The summed E-state index contributed by atoms with van der Waals surface area (Å²) < 4.78 is 11.1. The third-order valence-corrected chi connectivity index (χ3v) is 4.88. The Morgan fingerprint density at radius 1 is 1.42 bits per heavy atom. The quantitative estimate of drug-likeness (QED) is 0.719. The molecule has 0 saturated heterocycles. The number of amides is 1. The Balaban J connectivity index is 1.51. The fourth-order valence-corrected chi connectivity index (χ4v) is 3.65. The maximum atomic E-state index is 11.8. The molecule has 3 aromatic rings. The first kappa shape index (κ1) is 16.7. The van der Waals surface area contributed by atoms with E-state index in [1.807, 2.05) is 38.4 Å². The zero-order valence-electron chi connectivity index (χ0n) is 15.0. The van der Waals surface area contributed by atoms with Gasteiger partial charge in [-0.25, -0.2) is 9.78 Å². The van der Waals surface area contributed by atoms with Gasteiger partial charge < -0.3 is 19.5 Å². The van der Waals surface area contributed by atoms with Gasteiger partial charge in [-0.3, -0.25) is 0 Å². The van der Waals surface area contributed by atoms with E-state index in [1.165, 1.54) is 5.56 Å². The van der Waals surface area contributed by atoms with E-state index < -0.39 is 0 Å². The maximum Gasteiger partial charge on any atom is 0.407 e. The largest absolute Gasteiger partial charge is 0.464 e. The van der Waals surface area contributed by atoms with Crippen molar-refractivity contribution in [2.24, 2.45) is 0 Å². The first-order chi connectivity index (χ1) is 12.6. The molecule has 1 aliphatic rings. The van der Waals surface area contributed by atoms with Crippen LogP contribution >= 0.6 is 0 Å². The average molecular weight is 353 g/mol. The van der Waals surface area contributed by atoms with E-state index in [9.17, 15) is 4.79 Å². The number of nitrogens with zero attached hydrogens (tertiary/aromatic N) is 1. The van der Waals surface area contributed by atoms with Gasteiger partial charge in [0.05, 0.1) is 6.26 Å². The number of pyridine rings is 1. The van der Waals surface area contributed by atoms with Crippen LogP contribution in [-0.4, -0.2) is 28.2 Å². The molecule has 1 fully saturated rings. The van der Waals surface area contributed by atoms with E-state index in [4.69, 9.17) is 9.15 Å². The highest BCUT2D eigenvalue weighted by Crippen LogP contribution is 2.38. The smallest absolute Gasteiger partial charge is 0.407 e. The van der Waals surface area contributed by atoms with Gasteiger partial charge in [0, 0.05) is 29.4 Å². The number of alkyl carbamates (subject to hydrolysis) is 1. The van der Waals surface area contributed by atoms with Gasteiger partial charge in [-0.15, -0.1) is 0 Å². The van der Waals surface area contributed by atoms with E-state index in [2.05, 4.69) is 21.4 Å². The van der Waals surface area contributed by atoms with Gasteiger partial charge in [0.1, 0.15) is 17.5 Å². The van der Waals surface area contributed by atoms with Crippen molar-refractivity contribution in [1.82, 2.24) is 15.3 Å². The van der Waals surface area contributed by atoms with Crippen LogP contribution in [0.25, 0.3) is 22.4 Å². The first-order valence-electron chi connectivity index (χ1n) is 9.08. The van der Waals surface area contributed by atoms with Crippen molar-refractivity contribution in [1.29, 1.82) is 0 Å². The van der Waals surface area contributed by atoms with Crippen LogP contribution in [0.5, 0.6) is 0 Å². The lowest BCUT2D eigenvalue weighted by Crippen LogP contribution is -2.33. The second kappa shape index (κ2) is 6.86. The molecular formula is C20H23N3O3. The number of carbonyl (C=O) groups excluding carboxylic acids is 1. The number of H-pyrrole nitrogens is 1. The lowest BCUT2D eigenvalue weighted by molar-refractivity contribution is 0.0982. The minimum Gasteiger partial charge on any atom is -0.464 e. The summed E-state index contributed by atoms with van der Waals surface area (Å²) in [5, 5.41) is 3.83. The molecule has 1 saturated carbocycles. The van der Waals surface area contributed by atoms with E-state index >= 15 is 0 Å². The number of hydrogen-bond donors (Lipinski definition) is 2. The van der Waals surface area contributed by atoms with Crippen molar-refractivity contribution in [2.75, 3.05) is 0 Å². The van der Waals surface area contributed by atoms with Crippen LogP contribution in [-0.2, 0) is 4.74 Å². The molecule has 3 aromatic heterocycles. The number of ether oxygens (including phenoxy) is 1. The summed E-state index contributed by atoms with van der Waals surface area (Å²) in [5.74, 6) is 1.18. The SMILES string of the molecule is CC(C)NC(=O)O[C@@H]1CC[C@H](c2cnc3[nH]cc(-c4ccco4)c3c2)C1. The predicted octanol–water partition coefficient (Wildman–Crippen LogP) is 4.59.